The van der Waals surface area contributed by atoms with Gasteiger partial charge in [-0.1, -0.05) is 0 Å². The first kappa shape index (κ1) is 21.7. The van der Waals surface area contributed by atoms with Crippen LogP contribution in [0.2, 0.25) is 0 Å². The normalized spacial score (nSPS) is 19.2. The molecule has 1 aromatic carbocycles. The molecule has 0 bridgehead atoms. The smallest absolute Gasteiger partial charge is 0.337 e. The van der Waals surface area contributed by atoms with E-state index in [-0.39, 0.29) is 23.9 Å². The van der Waals surface area contributed by atoms with E-state index in [2.05, 4.69) is 9.64 Å². The van der Waals surface area contributed by atoms with Crippen molar-refractivity contribution in [1.82, 2.24) is 14.1 Å². The van der Waals surface area contributed by atoms with Crippen molar-refractivity contribution >= 4 is 21.9 Å². The number of ether oxygens (including phenoxy) is 2. The fourth-order valence-electron chi connectivity index (χ4n) is 3.55. The van der Waals surface area contributed by atoms with Gasteiger partial charge in [-0.3, -0.25) is 9.69 Å². The van der Waals surface area contributed by atoms with E-state index in [0.717, 1.165) is 13.1 Å². The summed E-state index contributed by atoms with van der Waals surface area (Å²) in [6.07, 6.45) is 0. The fourth-order valence-corrected chi connectivity index (χ4v) is 5.18. The van der Waals surface area contributed by atoms with E-state index >= 15 is 0 Å². The Morgan fingerprint density at radius 3 is 2.31 bits per heavy atom. The Morgan fingerprint density at radius 1 is 1.07 bits per heavy atom. The lowest BCUT2D eigenvalue weighted by Crippen LogP contribution is -2.53. The number of sulfonamides is 1. The van der Waals surface area contributed by atoms with E-state index in [0.29, 0.717) is 44.0 Å². The number of rotatable bonds is 5. The number of hydrogen-bond acceptors (Lipinski definition) is 7. The van der Waals surface area contributed by atoms with Crippen molar-refractivity contribution in [2.75, 3.05) is 66.1 Å². The van der Waals surface area contributed by atoms with Gasteiger partial charge < -0.3 is 14.4 Å². The van der Waals surface area contributed by atoms with Crippen molar-refractivity contribution in [1.29, 1.82) is 0 Å². The minimum atomic E-state index is -3.70. The molecule has 160 valence electrons. The second kappa shape index (κ2) is 9.21. The maximum absolute atomic E-state index is 13.0. The van der Waals surface area contributed by atoms with Crippen molar-refractivity contribution in [2.24, 2.45) is 0 Å². The summed E-state index contributed by atoms with van der Waals surface area (Å²) >= 11 is 0. The van der Waals surface area contributed by atoms with Crippen molar-refractivity contribution < 1.29 is 27.5 Å². The molecule has 3 rings (SSSR count). The molecule has 1 amide bonds. The van der Waals surface area contributed by atoms with Gasteiger partial charge in [0.25, 0.3) is 0 Å². The number of benzene rings is 1. The van der Waals surface area contributed by atoms with E-state index < -0.39 is 16.0 Å². The van der Waals surface area contributed by atoms with Gasteiger partial charge in [0.2, 0.25) is 15.9 Å². The van der Waals surface area contributed by atoms with E-state index in [9.17, 15) is 18.0 Å². The lowest BCUT2D eigenvalue weighted by Gasteiger charge is -2.36. The summed E-state index contributed by atoms with van der Waals surface area (Å²) in [7, 11) is -2.42. The molecular weight excluding hydrogens is 398 g/mol. The van der Waals surface area contributed by atoms with Gasteiger partial charge in [-0.2, -0.15) is 4.31 Å². The van der Waals surface area contributed by atoms with E-state index in [4.69, 9.17) is 4.74 Å². The molecule has 9 nitrogen and oxygen atoms in total. The fraction of sp³-hybridized carbons (Fsp3) is 0.579. The van der Waals surface area contributed by atoms with Crippen molar-refractivity contribution in [3.63, 3.8) is 0 Å². The van der Waals surface area contributed by atoms with Gasteiger partial charge in [0, 0.05) is 39.3 Å². The second-order valence-electron chi connectivity index (χ2n) is 7.15. The topological polar surface area (TPSA) is 96.5 Å². The molecule has 2 aliphatic heterocycles. The number of esters is 1. The lowest BCUT2D eigenvalue weighted by atomic mass is 10.1. The van der Waals surface area contributed by atoms with Crippen LogP contribution in [-0.2, 0) is 24.3 Å². The highest BCUT2D eigenvalue weighted by Gasteiger charge is 2.31. The molecular formula is C19H27N3O6S. The molecule has 1 aromatic rings. The summed E-state index contributed by atoms with van der Waals surface area (Å²) in [4.78, 5) is 28.1. The summed E-state index contributed by atoms with van der Waals surface area (Å²) in [5.74, 6) is -0.494. The Hall–Kier alpha value is -2.01. The van der Waals surface area contributed by atoms with Gasteiger partial charge >= 0.3 is 5.97 Å². The minimum Gasteiger partial charge on any atom is -0.465 e. The van der Waals surface area contributed by atoms with Crippen LogP contribution in [-0.4, -0.2) is 101 Å². The molecule has 2 heterocycles. The second-order valence-corrected chi connectivity index (χ2v) is 9.05. The van der Waals surface area contributed by atoms with E-state index in [1.54, 1.807) is 11.8 Å². The Morgan fingerprint density at radius 2 is 1.72 bits per heavy atom. The molecule has 0 N–H and O–H groups in total. The van der Waals surface area contributed by atoms with Crippen LogP contribution in [0.1, 0.15) is 15.9 Å². The average Bonchev–Trinajstić information content (AvgIpc) is 2.73. The largest absolute Gasteiger partial charge is 0.465 e. The number of carbonyl (C=O) groups excluding carboxylic acids is 2. The highest BCUT2D eigenvalue weighted by atomic mass is 32.2. The molecule has 10 heteroatoms. The molecule has 0 atom stereocenters. The Bertz CT molecular complexity index is 859. The highest BCUT2D eigenvalue weighted by molar-refractivity contribution is 7.89. The van der Waals surface area contributed by atoms with E-state index in [1.165, 1.54) is 29.6 Å². The number of aryl methyl sites for hydroxylation is 1. The third-order valence-corrected chi connectivity index (χ3v) is 7.33. The van der Waals surface area contributed by atoms with Crippen molar-refractivity contribution in [3.8, 4) is 0 Å². The third kappa shape index (κ3) is 4.95. The van der Waals surface area contributed by atoms with Gasteiger partial charge in [-0.15, -0.1) is 0 Å². The van der Waals surface area contributed by atoms with Crippen LogP contribution in [0.4, 0.5) is 0 Å². The monoisotopic (exact) mass is 425 g/mol. The number of morpholine rings is 1. The Labute approximate surface area is 171 Å². The number of nitrogens with zero attached hydrogens (tertiary/aromatic N) is 3. The number of hydrogen-bond donors (Lipinski definition) is 0. The molecule has 0 radical (unpaired) electrons. The van der Waals surface area contributed by atoms with Crippen LogP contribution in [0.5, 0.6) is 0 Å². The molecule has 0 aliphatic carbocycles. The predicted molar refractivity (Wildman–Crippen MR) is 105 cm³/mol. The zero-order valence-corrected chi connectivity index (χ0v) is 17.6. The highest BCUT2D eigenvalue weighted by Crippen LogP contribution is 2.22. The van der Waals surface area contributed by atoms with Crippen LogP contribution in [0.25, 0.3) is 0 Å². The first-order chi connectivity index (χ1) is 13.8. The van der Waals surface area contributed by atoms with Gasteiger partial charge in [0.15, 0.2) is 0 Å². The zero-order valence-electron chi connectivity index (χ0n) is 16.8. The Kier molecular flexibility index (Phi) is 6.89. The third-order valence-electron chi connectivity index (χ3n) is 5.27. The standard InChI is InChI=1S/C19H27N3O6S/c1-15-13-16(19(24)27-2)3-4-17(15)29(25,26)22-7-5-21(6-8-22)18(23)14-20-9-11-28-12-10-20/h3-4,13H,5-12,14H2,1-2H3. The molecule has 0 aromatic heterocycles. The maximum Gasteiger partial charge on any atom is 0.337 e. The van der Waals surface area contributed by atoms with Crippen LogP contribution >= 0.6 is 0 Å². The SMILES string of the molecule is COC(=O)c1ccc(S(=O)(=O)N2CCN(C(=O)CN3CCOCC3)CC2)c(C)c1. The summed E-state index contributed by atoms with van der Waals surface area (Å²) in [5, 5.41) is 0. The lowest BCUT2D eigenvalue weighted by molar-refractivity contribution is -0.134. The van der Waals surface area contributed by atoms with Gasteiger partial charge in [-0.05, 0) is 30.7 Å². The quantitative estimate of drug-likeness (QED) is 0.610. The first-order valence-corrected chi connectivity index (χ1v) is 11.0. The molecule has 29 heavy (non-hydrogen) atoms. The maximum atomic E-state index is 13.0. The summed E-state index contributed by atoms with van der Waals surface area (Å²) in [6, 6.07) is 4.40. The van der Waals surface area contributed by atoms with E-state index in [1.807, 2.05) is 0 Å². The van der Waals surface area contributed by atoms with Crippen LogP contribution in [0.15, 0.2) is 23.1 Å². The zero-order chi connectivity index (χ0) is 21.0. The van der Waals surface area contributed by atoms with Crippen LogP contribution in [0, 0.1) is 6.92 Å². The molecule has 2 fully saturated rings. The average molecular weight is 426 g/mol. The summed E-state index contributed by atoms with van der Waals surface area (Å²) < 4.78 is 37.4. The number of piperazine rings is 1. The van der Waals surface area contributed by atoms with Crippen LogP contribution in [0.3, 0.4) is 0 Å². The number of methoxy groups -OCH3 is 1. The summed E-state index contributed by atoms with van der Waals surface area (Å²) in [5.41, 5.74) is 0.793. The van der Waals surface area contributed by atoms with Gasteiger partial charge in [0.05, 0.1) is 37.3 Å². The van der Waals surface area contributed by atoms with Gasteiger partial charge in [0.1, 0.15) is 0 Å². The molecule has 0 unspecified atom stereocenters. The number of amides is 1. The van der Waals surface area contributed by atoms with Crippen molar-refractivity contribution in [3.05, 3.63) is 29.3 Å². The molecule has 2 aliphatic rings. The molecule has 0 saturated carbocycles. The molecule has 0 spiro atoms. The summed E-state index contributed by atoms with van der Waals surface area (Å²) in [6.45, 7) is 5.95. The molecule has 2 saturated heterocycles. The first-order valence-electron chi connectivity index (χ1n) is 9.60. The predicted octanol–water partition coefficient (Wildman–Crippen LogP) is -0.0533. The van der Waals surface area contributed by atoms with Crippen molar-refractivity contribution in [2.45, 2.75) is 11.8 Å². The van der Waals surface area contributed by atoms with Crippen LogP contribution < -0.4 is 0 Å². The Balaban J connectivity index is 1.62. The number of carbonyl (C=O) groups is 2. The van der Waals surface area contributed by atoms with Gasteiger partial charge in [-0.25, -0.2) is 13.2 Å². The minimum absolute atomic E-state index is 0.0163.